The van der Waals surface area contributed by atoms with Crippen LogP contribution in [0.1, 0.15) is 25.5 Å². The van der Waals surface area contributed by atoms with Crippen molar-refractivity contribution in [3.8, 4) is 17.6 Å². The highest BCUT2D eigenvalue weighted by molar-refractivity contribution is 9.10. The highest BCUT2D eigenvalue weighted by Crippen LogP contribution is 2.40. The maximum absolute atomic E-state index is 12.4. The Morgan fingerprint density at radius 2 is 2.15 bits per heavy atom. The first kappa shape index (κ1) is 19.6. The normalized spacial score (nSPS) is 16.3. The van der Waals surface area contributed by atoms with Gasteiger partial charge < -0.3 is 24.8 Å². The van der Waals surface area contributed by atoms with Crippen molar-refractivity contribution >= 4 is 27.9 Å². The van der Waals surface area contributed by atoms with E-state index in [1.165, 1.54) is 7.11 Å². The van der Waals surface area contributed by atoms with E-state index in [9.17, 15) is 9.59 Å². The molecule has 0 saturated carbocycles. The third-order valence-electron chi connectivity index (χ3n) is 3.63. The smallest absolute Gasteiger partial charge is 0.338 e. The van der Waals surface area contributed by atoms with E-state index >= 15 is 0 Å². The standard InChI is InChI=1S/C17H18BrN3O5/c1-4-25-16(22)13-9(2)20-17(23)21-14(13)10-7-11(18)15(26-6-5-19)12(8-10)24-3/h7-8,14H,4,6H2,1-3H3,(H2,20,21,23)/t14-/m0/s1. The van der Waals surface area contributed by atoms with Crippen LogP contribution in [0.5, 0.6) is 11.5 Å². The second-order valence-electron chi connectivity index (χ2n) is 5.27. The molecule has 8 nitrogen and oxygen atoms in total. The Morgan fingerprint density at radius 3 is 2.77 bits per heavy atom. The minimum Gasteiger partial charge on any atom is -0.493 e. The predicted octanol–water partition coefficient (Wildman–Crippen LogP) is 2.55. The number of hydrogen-bond acceptors (Lipinski definition) is 6. The molecule has 0 radical (unpaired) electrons. The molecular formula is C17H18BrN3O5. The van der Waals surface area contributed by atoms with Gasteiger partial charge in [-0.25, -0.2) is 9.59 Å². The zero-order valence-electron chi connectivity index (χ0n) is 14.5. The van der Waals surface area contributed by atoms with E-state index in [-0.39, 0.29) is 13.2 Å². The molecule has 2 amide bonds. The first-order chi connectivity index (χ1) is 12.4. The highest BCUT2D eigenvalue weighted by atomic mass is 79.9. The van der Waals surface area contributed by atoms with Gasteiger partial charge in [0.05, 0.1) is 29.8 Å². The van der Waals surface area contributed by atoms with Crippen molar-refractivity contribution < 1.29 is 23.8 Å². The van der Waals surface area contributed by atoms with Crippen LogP contribution in [0.2, 0.25) is 0 Å². The molecule has 0 unspecified atom stereocenters. The van der Waals surface area contributed by atoms with E-state index in [0.29, 0.717) is 32.8 Å². The summed E-state index contributed by atoms with van der Waals surface area (Å²) in [4.78, 5) is 24.3. The largest absolute Gasteiger partial charge is 0.493 e. The molecule has 0 spiro atoms. The van der Waals surface area contributed by atoms with Crippen molar-refractivity contribution in [2.24, 2.45) is 0 Å². The first-order valence-corrected chi connectivity index (χ1v) is 8.54. The topological polar surface area (TPSA) is 110 Å². The van der Waals surface area contributed by atoms with Gasteiger partial charge in [-0.1, -0.05) is 0 Å². The summed E-state index contributed by atoms with van der Waals surface area (Å²) in [6.45, 7) is 3.41. The van der Waals surface area contributed by atoms with Crippen LogP contribution < -0.4 is 20.1 Å². The van der Waals surface area contributed by atoms with Gasteiger partial charge in [0.25, 0.3) is 0 Å². The van der Waals surface area contributed by atoms with Gasteiger partial charge in [0.15, 0.2) is 18.1 Å². The van der Waals surface area contributed by atoms with Crippen LogP contribution in [-0.4, -0.2) is 32.3 Å². The van der Waals surface area contributed by atoms with Gasteiger partial charge in [-0.3, -0.25) is 0 Å². The molecule has 9 heteroatoms. The molecule has 138 valence electrons. The summed E-state index contributed by atoms with van der Waals surface area (Å²) >= 11 is 3.38. The summed E-state index contributed by atoms with van der Waals surface area (Å²) in [7, 11) is 1.46. The molecule has 1 aromatic rings. The van der Waals surface area contributed by atoms with Gasteiger partial charge in [0.1, 0.15) is 6.07 Å². The lowest BCUT2D eigenvalue weighted by Gasteiger charge is -2.28. The molecule has 2 rings (SSSR count). The average Bonchev–Trinajstić information content (AvgIpc) is 2.59. The van der Waals surface area contributed by atoms with E-state index in [1.807, 2.05) is 6.07 Å². The molecule has 1 atom stereocenters. The molecule has 0 fully saturated rings. The lowest BCUT2D eigenvalue weighted by Crippen LogP contribution is -2.45. The molecule has 26 heavy (non-hydrogen) atoms. The summed E-state index contributed by atoms with van der Waals surface area (Å²) < 4.78 is 16.3. The number of nitrogens with zero attached hydrogens (tertiary/aromatic N) is 1. The number of nitriles is 1. The number of rotatable bonds is 6. The SMILES string of the molecule is CCOC(=O)C1=C(C)NC(=O)N[C@H]1c1cc(Br)c(OCC#N)c(OC)c1. The van der Waals surface area contributed by atoms with Crippen molar-refractivity contribution in [1.29, 1.82) is 5.26 Å². The van der Waals surface area contributed by atoms with Crippen LogP contribution in [0.3, 0.4) is 0 Å². The zero-order valence-corrected chi connectivity index (χ0v) is 16.1. The van der Waals surface area contributed by atoms with Crippen molar-refractivity contribution in [3.63, 3.8) is 0 Å². The highest BCUT2D eigenvalue weighted by Gasteiger charge is 2.33. The van der Waals surface area contributed by atoms with Crippen LogP contribution in [0.15, 0.2) is 27.9 Å². The van der Waals surface area contributed by atoms with Crippen LogP contribution in [0.4, 0.5) is 4.79 Å². The van der Waals surface area contributed by atoms with Gasteiger partial charge in [0, 0.05) is 5.70 Å². The summed E-state index contributed by atoms with van der Waals surface area (Å²) in [5.41, 5.74) is 1.30. The van der Waals surface area contributed by atoms with Gasteiger partial charge in [-0.05, 0) is 47.5 Å². The molecule has 1 aromatic carbocycles. The minimum atomic E-state index is -0.724. The number of carbonyl (C=O) groups is 2. The lowest BCUT2D eigenvalue weighted by molar-refractivity contribution is -0.139. The van der Waals surface area contributed by atoms with Gasteiger partial charge in [0.2, 0.25) is 0 Å². The third kappa shape index (κ3) is 4.08. The maximum Gasteiger partial charge on any atom is 0.338 e. The Bertz CT molecular complexity index is 800. The van der Waals surface area contributed by atoms with Crippen LogP contribution in [0, 0.1) is 11.3 Å². The van der Waals surface area contributed by atoms with E-state index in [2.05, 4.69) is 26.6 Å². The fourth-order valence-electron chi connectivity index (χ4n) is 2.57. The number of carbonyl (C=O) groups excluding carboxylic acids is 2. The van der Waals surface area contributed by atoms with Crippen LogP contribution in [0.25, 0.3) is 0 Å². The van der Waals surface area contributed by atoms with E-state index < -0.39 is 18.0 Å². The van der Waals surface area contributed by atoms with Crippen molar-refractivity contribution in [1.82, 2.24) is 10.6 Å². The molecule has 1 heterocycles. The Hall–Kier alpha value is -2.73. The van der Waals surface area contributed by atoms with Crippen molar-refractivity contribution in [3.05, 3.63) is 33.4 Å². The number of esters is 1. The number of ether oxygens (including phenoxy) is 3. The Kier molecular flexibility index (Phi) is 6.46. The molecule has 0 saturated heterocycles. The molecular weight excluding hydrogens is 406 g/mol. The molecule has 1 aliphatic rings. The van der Waals surface area contributed by atoms with Gasteiger partial charge in [-0.2, -0.15) is 5.26 Å². The number of methoxy groups -OCH3 is 1. The van der Waals surface area contributed by atoms with Crippen molar-refractivity contribution in [2.45, 2.75) is 19.9 Å². The summed E-state index contributed by atoms with van der Waals surface area (Å²) in [5, 5.41) is 14.0. The predicted molar refractivity (Wildman–Crippen MR) is 95.5 cm³/mol. The molecule has 0 bridgehead atoms. The molecule has 0 aromatic heterocycles. The number of benzene rings is 1. The third-order valence-corrected chi connectivity index (χ3v) is 4.22. The summed E-state index contributed by atoms with van der Waals surface area (Å²) in [6, 6.07) is 4.07. The number of urea groups is 1. The van der Waals surface area contributed by atoms with Gasteiger partial charge in [-0.15, -0.1) is 0 Å². The van der Waals surface area contributed by atoms with Gasteiger partial charge >= 0.3 is 12.0 Å². The monoisotopic (exact) mass is 423 g/mol. The van der Waals surface area contributed by atoms with Crippen molar-refractivity contribution in [2.75, 3.05) is 20.3 Å². The summed E-state index contributed by atoms with van der Waals surface area (Å²) in [6.07, 6.45) is 0. The minimum absolute atomic E-state index is 0.147. The molecule has 1 aliphatic heterocycles. The Balaban J connectivity index is 2.52. The second kappa shape index (κ2) is 8.58. The Morgan fingerprint density at radius 1 is 1.42 bits per heavy atom. The first-order valence-electron chi connectivity index (χ1n) is 7.75. The van der Waals surface area contributed by atoms with E-state index in [0.717, 1.165) is 0 Å². The fraction of sp³-hybridized carbons (Fsp3) is 0.353. The average molecular weight is 424 g/mol. The number of halogens is 1. The van der Waals surface area contributed by atoms with Crippen LogP contribution >= 0.6 is 15.9 Å². The van der Waals surface area contributed by atoms with E-state index in [4.69, 9.17) is 19.5 Å². The lowest BCUT2D eigenvalue weighted by atomic mass is 9.95. The zero-order chi connectivity index (χ0) is 19.3. The number of amides is 2. The quantitative estimate of drug-likeness (QED) is 0.680. The second-order valence-corrected chi connectivity index (χ2v) is 6.13. The fourth-order valence-corrected chi connectivity index (χ4v) is 3.15. The summed E-state index contributed by atoms with van der Waals surface area (Å²) in [5.74, 6) is 0.192. The maximum atomic E-state index is 12.4. The molecule has 2 N–H and O–H groups in total. The van der Waals surface area contributed by atoms with Crippen LogP contribution in [-0.2, 0) is 9.53 Å². The number of nitrogens with one attached hydrogen (secondary N) is 2. The van der Waals surface area contributed by atoms with E-state index in [1.54, 1.807) is 26.0 Å². The molecule has 0 aliphatic carbocycles. The Labute approximate surface area is 159 Å². The number of allylic oxidation sites excluding steroid dienone is 1. The number of hydrogen-bond donors (Lipinski definition) is 2.